The molecule has 2 atom stereocenters. The normalized spacial score (nSPS) is 12.7. The Kier molecular flexibility index (Phi) is 11.4. The van der Waals surface area contributed by atoms with Gasteiger partial charge in [0.25, 0.3) is 10.0 Å². The lowest BCUT2D eigenvalue weighted by molar-refractivity contribution is -0.140. The first-order chi connectivity index (χ1) is 21.9. The first kappa shape index (κ1) is 34.4. The highest BCUT2D eigenvalue weighted by atomic mass is 32.2. The van der Waals surface area contributed by atoms with Crippen LogP contribution in [0.5, 0.6) is 0 Å². The van der Waals surface area contributed by atoms with Gasteiger partial charge in [0.2, 0.25) is 11.8 Å². The lowest BCUT2D eigenvalue weighted by Gasteiger charge is -2.34. The molecule has 0 heterocycles. The number of aryl methyl sites for hydroxylation is 2. The molecule has 0 spiro atoms. The van der Waals surface area contributed by atoms with Gasteiger partial charge in [-0.05, 0) is 75.1 Å². The summed E-state index contributed by atoms with van der Waals surface area (Å²) in [6.45, 7) is 8.52. The minimum absolute atomic E-state index is 0.0304. The summed E-state index contributed by atoms with van der Waals surface area (Å²) < 4.78 is 44.7. The highest BCUT2D eigenvalue weighted by Crippen LogP contribution is 2.29. The standard InChI is InChI=1S/C37H42FN3O4S/c1-6-28(4)39-37(43)35(23-30-14-8-7-9-15-30)40(24-31-16-10-11-17-33(31)38)36(42)25-41(34-18-12-13-27(3)29(34)5)46(44,45)32-21-19-26(2)20-22-32/h7-22,28,35H,6,23-25H2,1-5H3,(H,39,43). The zero-order valence-electron chi connectivity index (χ0n) is 27.0. The van der Waals surface area contributed by atoms with E-state index in [1.165, 1.54) is 23.1 Å². The van der Waals surface area contributed by atoms with Gasteiger partial charge in [0.15, 0.2) is 0 Å². The van der Waals surface area contributed by atoms with E-state index in [0.717, 1.165) is 21.0 Å². The van der Waals surface area contributed by atoms with Crippen LogP contribution in [0.25, 0.3) is 0 Å². The van der Waals surface area contributed by atoms with Crippen molar-refractivity contribution >= 4 is 27.5 Å². The van der Waals surface area contributed by atoms with Crippen molar-refractivity contribution in [3.63, 3.8) is 0 Å². The van der Waals surface area contributed by atoms with Gasteiger partial charge in [0.1, 0.15) is 18.4 Å². The molecule has 0 aliphatic carbocycles. The van der Waals surface area contributed by atoms with Crippen molar-refractivity contribution in [1.29, 1.82) is 0 Å². The van der Waals surface area contributed by atoms with Gasteiger partial charge in [-0.15, -0.1) is 0 Å². The molecule has 2 unspecified atom stereocenters. The van der Waals surface area contributed by atoms with Crippen LogP contribution in [-0.4, -0.2) is 43.8 Å². The van der Waals surface area contributed by atoms with Gasteiger partial charge in [0.05, 0.1) is 10.6 Å². The SMILES string of the molecule is CCC(C)NC(=O)C(Cc1ccccc1)N(Cc1ccccc1F)C(=O)CN(c1cccc(C)c1C)S(=O)(=O)c1ccc(C)cc1. The number of halogens is 1. The van der Waals surface area contributed by atoms with Crippen molar-refractivity contribution in [2.24, 2.45) is 0 Å². The molecule has 242 valence electrons. The molecule has 0 aliphatic rings. The number of nitrogens with zero attached hydrogens (tertiary/aromatic N) is 2. The van der Waals surface area contributed by atoms with Gasteiger partial charge in [-0.1, -0.05) is 85.3 Å². The van der Waals surface area contributed by atoms with Crippen LogP contribution in [0.1, 0.15) is 48.1 Å². The van der Waals surface area contributed by atoms with Crippen molar-refractivity contribution < 1.29 is 22.4 Å². The number of carbonyl (C=O) groups excluding carboxylic acids is 2. The van der Waals surface area contributed by atoms with Crippen LogP contribution < -0.4 is 9.62 Å². The molecular formula is C37H42FN3O4S. The van der Waals surface area contributed by atoms with E-state index >= 15 is 4.39 Å². The summed E-state index contributed by atoms with van der Waals surface area (Å²) >= 11 is 0. The molecule has 4 aromatic carbocycles. The molecule has 4 rings (SSSR count). The summed E-state index contributed by atoms with van der Waals surface area (Å²) in [4.78, 5) is 29.8. The summed E-state index contributed by atoms with van der Waals surface area (Å²) in [6, 6.07) is 25.8. The number of anilines is 1. The maximum atomic E-state index is 15.1. The van der Waals surface area contributed by atoms with E-state index in [9.17, 15) is 18.0 Å². The van der Waals surface area contributed by atoms with E-state index in [1.807, 2.05) is 71.0 Å². The second-order valence-corrected chi connectivity index (χ2v) is 13.5. The van der Waals surface area contributed by atoms with Crippen LogP contribution >= 0.6 is 0 Å². The molecule has 0 saturated heterocycles. The zero-order chi connectivity index (χ0) is 33.4. The molecule has 0 saturated carbocycles. The van der Waals surface area contributed by atoms with Crippen LogP contribution in [-0.2, 0) is 32.6 Å². The fourth-order valence-corrected chi connectivity index (χ4v) is 6.63. The van der Waals surface area contributed by atoms with Gasteiger partial charge < -0.3 is 10.2 Å². The predicted octanol–water partition coefficient (Wildman–Crippen LogP) is 6.50. The molecule has 1 N–H and O–H groups in total. The second-order valence-electron chi connectivity index (χ2n) is 11.7. The minimum Gasteiger partial charge on any atom is -0.352 e. The Hall–Kier alpha value is -4.50. The molecule has 4 aromatic rings. The van der Waals surface area contributed by atoms with Crippen LogP contribution in [0.3, 0.4) is 0 Å². The quantitative estimate of drug-likeness (QED) is 0.180. The molecule has 0 radical (unpaired) electrons. The molecule has 0 aliphatic heterocycles. The number of rotatable bonds is 13. The third kappa shape index (κ3) is 8.20. The molecule has 9 heteroatoms. The number of carbonyl (C=O) groups is 2. The highest BCUT2D eigenvalue weighted by Gasteiger charge is 2.35. The Morgan fingerprint density at radius 2 is 1.50 bits per heavy atom. The van der Waals surface area contributed by atoms with E-state index in [4.69, 9.17) is 0 Å². The number of sulfonamides is 1. The first-order valence-electron chi connectivity index (χ1n) is 15.4. The maximum absolute atomic E-state index is 15.1. The summed E-state index contributed by atoms with van der Waals surface area (Å²) in [5, 5.41) is 2.99. The first-order valence-corrected chi connectivity index (χ1v) is 16.9. The average Bonchev–Trinajstić information content (AvgIpc) is 3.04. The number of hydrogen-bond donors (Lipinski definition) is 1. The topological polar surface area (TPSA) is 86.8 Å². The van der Waals surface area contributed by atoms with Crippen molar-refractivity contribution in [1.82, 2.24) is 10.2 Å². The van der Waals surface area contributed by atoms with Gasteiger partial charge >= 0.3 is 0 Å². The molecule has 0 bridgehead atoms. The summed E-state index contributed by atoms with van der Waals surface area (Å²) in [5.41, 5.74) is 3.81. The smallest absolute Gasteiger partial charge is 0.264 e. The van der Waals surface area contributed by atoms with Crippen LogP contribution in [0.4, 0.5) is 10.1 Å². The third-order valence-electron chi connectivity index (χ3n) is 8.30. The predicted molar refractivity (Wildman–Crippen MR) is 180 cm³/mol. The zero-order valence-corrected chi connectivity index (χ0v) is 27.9. The highest BCUT2D eigenvalue weighted by molar-refractivity contribution is 7.92. The number of nitrogens with one attached hydrogen (secondary N) is 1. The number of benzene rings is 4. The third-order valence-corrected chi connectivity index (χ3v) is 10.1. The second kappa shape index (κ2) is 15.2. The molecule has 0 fully saturated rings. The van der Waals surface area contributed by atoms with E-state index in [1.54, 1.807) is 42.5 Å². The molecule has 7 nitrogen and oxygen atoms in total. The molecule has 46 heavy (non-hydrogen) atoms. The van der Waals surface area contributed by atoms with Gasteiger partial charge in [0, 0.05) is 24.6 Å². The summed E-state index contributed by atoms with van der Waals surface area (Å²) in [6.07, 6.45) is 0.817. The Balaban J connectivity index is 1.85. The lowest BCUT2D eigenvalue weighted by atomic mass is 10.0. The van der Waals surface area contributed by atoms with E-state index < -0.39 is 40.2 Å². The van der Waals surface area contributed by atoms with Crippen LogP contribution in [0.2, 0.25) is 0 Å². The van der Waals surface area contributed by atoms with Crippen molar-refractivity contribution in [2.75, 3.05) is 10.8 Å². The van der Waals surface area contributed by atoms with E-state index in [2.05, 4.69) is 5.32 Å². The Morgan fingerprint density at radius 3 is 2.15 bits per heavy atom. The largest absolute Gasteiger partial charge is 0.352 e. The number of hydrogen-bond acceptors (Lipinski definition) is 4. The van der Waals surface area contributed by atoms with E-state index in [0.29, 0.717) is 17.7 Å². The Bertz CT molecular complexity index is 1760. The van der Waals surface area contributed by atoms with Crippen LogP contribution in [0.15, 0.2) is 102 Å². The fraction of sp³-hybridized carbons (Fsp3) is 0.297. The molecule has 2 amide bonds. The monoisotopic (exact) mass is 643 g/mol. The van der Waals surface area contributed by atoms with Gasteiger partial charge in [-0.2, -0.15) is 0 Å². The van der Waals surface area contributed by atoms with Crippen molar-refractivity contribution in [2.45, 2.75) is 71.0 Å². The fourth-order valence-electron chi connectivity index (χ4n) is 5.16. The van der Waals surface area contributed by atoms with Gasteiger partial charge in [-0.3, -0.25) is 13.9 Å². The van der Waals surface area contributed by atoms with E-state index in [-0.39, 0.29) is 29.5 Å². The van der Waals surface area contributed by atoms with Crippen molar-refractivity contribution in [3.8, 4) is 0 Å². The number of amides is 2. The van der Waals surface area contributed by atoms with Gasteiger partial charge in [-0.25, -0.2) is 12.8 Å². The molecule has 0 aromatic heterocycles. The maximum Gasteiger partial charge on any atom is 0.264 e. The Morgan fingerprint density at radius 1 is 0.848 bits per heavy atom. The molecular weight excluding hydrogens is 601 g/mol. The lowest BCUT2D eigenvalue weighted by Crippen LogP contribution is -2.54. The summed E-state index contributed by atoms with van der Waals surface area (Å²) in [7, 11) is -4.24. The average molecular weight is 644 g/mol. The van der Waals surface area contributed by atoms with Crippen molar-refractivity contribution in [3.05, 3.63) is 131 Å². The summed E-state index contributed by atoms with van der Waals surface area (Å²) in [5.74, 6) is -1.57. The van der Waals surface area contributed by atoms with Crippen LogP contribution in [0, 0.1) is 26.6 Å². The minimum atomic E-state index is -4.24. The Labute approximate surface area is 272 Å².